The lowest BCUT2D eigenvalue weighted by atomic mass is 10.0. The Balaban J connectivity index is 1.59. The quantitative estimate of drug-likeness (QED) is 0.328. The molecular weight excluding hydrogens is 584 g/mol. The number of nitrogens with one attached hydrogen (secondary N) is 1. The van der Waals surface area contributed by atoms with Gasteiger partial charge >= 0.3 is 0 Å². The van der Waals surface area contributed by atoms with E-state index in [0.717, 1.165) is 31.6 Å². The summed E-state index contributed by atoms with van der Waals surface area (Å²) in [5.41, 5.74) is 2.42. The molecule has 0 bridgehead atoms. The summed E-state index contributed by atoms with van der Waals surface area (Å²) in [5, 5.41) is 13.1. The number of hydrogen-bond donors (Lipinski definition) is 2. The van der Waals surface area contributed by atoms with Crippen molar-refractivity contribution in [3.63, 3.8) is 0 Å². The lowest BCUT2D eigenvalue weighted by Crippen LogP contribution is -2.47. The van der Waals surface area contributed by atoms with Crippen LogP contribution in [0.3, 0.4) is 0 Å². The maximum Gasteiger partial charge on any atom is 0.258 e. The second-order valence-corrected chi connectivity index (χ2v) is 12.2. The SMILES string of the molecule is COc1ccc(CN(C)C[C@H]2OCCCC[C@H](C)Oc3ccc(NC(=O)c4ccncc4)cc3C(=O)N([C@H](C)CO)C[C@@H]2C)cc1. The van der Waals surface area contributed by atoms with E-state index in [1.165, 1.54) is 5.56 Å². The van der Waals surface area contributed by atoms with E-state index in [1.807, 2.05) is 26.0 Å². The lowest BCUT2D eigenvalue weighted by Gasteiger charge is -2.36. The zero-order valence-electron chi connectivity index (χ0n) is 27.6. The Kier molecular flexibility index (Phi) is 12.9. The predicted molar refractivity (Wildman–Crippen MR) is 178 cm³/mol. The first-order valence-electron chi connectivity index (χ1n) is 16.1. The number of ether oxygens (including phenoxy) is 3. The van der Waals surface area contributed by atoms with Crippen molar-refractivity contribution in [1.29, 1.82) is 0 Å². The number of hydrogen-bond acceptors (Lipinski definition) is 8. The van der Waals surface area contributed by atoms with E-state index in [-0.39, 0.29) is 36.5 Å². The van der Waals surface area contributed by atoms with Crippen molar-refractivity contribution in [1.82, 2.24) is 14.8 Å². The first kappa shape index (κ1) is 34.9. The number of amides is 2. The molecule has 46 heavy (non-hydrogen) atoms. The molecule has 10 nitrogen and oxygen atoms in total. The van der Waals surface area contributed by atoms with Crippen LogP contribution in [0.25, 0.3) is 0 Å². The van der Waals surface area contributed by atoms with Gasteiger partial charge in [-0.3, -0.25) is 19.5 Å². The molecule has 4 atom stereocenters. The number of aromatic nitrogens is 1. The summed E-state index contributed by atoms with van der Waals surface area (Å²) in [7, 11) is 3.73. The molecule has 2 amide bonds. The molecule has 0 unspecified atom stereocenters. The molecule has 0 saturated heterocycles. The number of aliphatic hydroxyl groups is 1. The van der Waals surface area contributed by atoms with Gasteiger partial charge in [-0.1, -0.05) is 19.1 Å². The highest BCUT2D eigenvalue weighted by molar-refractivity contribution is 6.05. The Morgan fingerprint density at radius 1 is 1.13 bits per heavy atom. The number of pyridine rings is 1. The average molecular weight is 633 g/mol. The fraction of sp³-hybridized carbons (Fsp3) is 0.472. The number of aliphatic hydroxyl groups excluding tert-OH is 1. The fourth-order valence-electron chi connectivity index (χ4n) is 5.58. The molecule has 1 aliphatic rings. The molecule has 2 aromatic carbocycles. The van der Waals surface area contributed by atoms with Gasteiger partial charge in [0, 0.05) is 55.8 Å². The predicted octanol–water partition coefficient (Wildman–Crippen LogP) is 5.27. The third kappa shape index (κ3) is 9.75. The maximum atomic E-state index is 14.3. The number of carbonyl (C=O) groups excluding carboxylic acids is 2. The van der Waals surface area contributed by atoms with Crippen LogP contribution in [0, 0.1) is 5.92 Å². The van der Waals surface area contributed by atoms with Crippen LogP contribution in [-0.4, -0.2) is 90.4 Å². The van der Waals surface area contributed by atoms with Crippen molar-refractivity contribution in [3.8, 4) is 11.5 Å². The van der Waals surface area contributed by atoms with Crippen molar-refractivity contribution in [3.05, 3.63) is 83.7 Å². The molecule has 1 aliphatic heterocycles. The van der Waals surface area contributed by atoms with E-state index in [4.69, 9.17) is 14.2 Å². The molecule has 0 radical (unpaired) electrons. The highest BCUT2D eigenvalue weighted by Crippen LogP contribution is 2.29. The van der Waals surface area contributed by atoms with Gasteiger partial charge in [-0.05, 0) is 88.2 Å². The summed E-state index contributed by atoms with van der Waals surface area (Å²) in [6.45, 7) is 8.10. The summed E-state index contributed by atoms with van der Waals surface area (Å²) >= 11 is 0. The molecule has 2 heterocycles. The second-order valence-electron chi connectivity index (χ2n) is 12.2. The monoisotopic (exact) mass is 632 g/mol. The third-order valence-electron chi connectivity index (χ3n) is 8.36. The molecule has 1 aromatic heterocycles. The van der Waals surface area contributed by atoms with E-state index in [1.54, 1.807) is 54.7 Å². The van der Waals surface area contributed by atoms with Crippen molar-refractivity contribution >= 4 is 17.5 Å². The Labute approximate surface area is 272 Å². The van der Waals surface area contributed by atoms with Gasteiger partial charge in [0.2, 0.25) is 0 Å². The molecule has 2 N–H and O–H groups in total. The van der Waals surface area contributed by atoms with E-state index in [9.17, 15) is 14.7 Å². The normalized spacial score (nSPS) is 20.3. The van der Waals surface area contributed by atoms with Crippen LogP contribution >= 0.6 is 0 Å². The van der Waals surface area contributed by atoms with Gasteiger partial charge in [-0.2, -0.15) is 0 Å². The molecule has 0 aliphatic carbocycles. The van der Waals surface area contributed by atoms with Gasteiger partial charge in [-0.15, -0.1) is 0 Å². The van der Waals surface area contributed by atoms with Gasteiger partial charge < -0.3 is 29.5 Å². The number of fused-ring (bicyclic) bond motifs is 1. The second kappa shape index (κ2) is 17.1. The van der Waals surface area contributed by atoms with Crippen molar-refractivity contribution < 1.29 is 28.9 Å². The number of carbonyl (C=O) groups is 2. The number of nitrogens with zero attached hydrogens (tertiary/aromatic N) is 3. The van der Waals surface area contributed by atoms with Gasteiger partial charge in [-0.25, -0.2) is 0 Å². The summed E-state index contributed by atoms with van der Waals surface area (Å²) in [6.07, 6.45) is 5.43. The summed E-state index contributed by atoms with van der Waals surface area (Å²) in [6, 6.07) is 16.0. The smallest absolute Gasteiger partial charge is 0.258 e. The Morgan fingerprint density at radius 2 is 1.87 bits per heavy atom. The topological polar surface area (TPSA) is 113 Å². The molecule has 4 rings (SSSR count). The summed E-state index contributed by atoms with van der Waals surface area (Å²) in [4.78, 5) is 35.1. The van der Waals surface area contributed by atoms with Crippen LogP contribution in [0.15, 0.2) is 67.0 Å². The largest absolute Gasteiger partial charge is 0.497 e. The number of methoxy groups -OCH3 is 1. The Bertz CT molecular complexity index is 1400. The minimum atomic E-state index is -0.458. The Morgan fingerprint density at radius 3 is 2.57 bits per heavy atom. The molecule has 0 saturated carbocycles. The minimum Gasteiger partial charge on any atom is -0.497 e. The Hall–Kier alpha value is -3.99. The lowest BCUT2D eigenvalue weighted by molar-refractivity contribution is -0.0177. The van der Waals surface area contributed by atoms with E-state index in [2.05, 4.69) is 41.3 Å². The number of anilines is 1. The van der Waals surface area contributed by atoms with Crippen LogP contribution in [0.5, 0.6) is 11.5 Å². The van der Waals surface area contributed by atoms with E-state index < -0.39 is 6.04 Å². The van der Waals surface area contributed by atoms with Crippen molar-refractivity contribution in [2.24, 2.45) is 5.92 Å². The van der Waals surface area contributed by atoms with Crippen molar-refractivity contribution in [2.45, 2.75) is 64.8 Å². The average Bonchev–Trinajstić information content (AvgIpc) is 3.06. The van der Waals surface area contributed by atoms with Crippen LogP contribution in [0.4, 0.5) is 5.69 Å². The maximum absolute atomic E-state index is 14.3. The van der Waals surface area contributed by atoms with E-state index in [0.29, 0.717) is 42.3 Å². The highest BCUT2D eigenvalue weighted by atomic mass is 16.5. The van der Waals surface area contributed by atoms with Crippen LogP contribution in [-0.2, 0) is 11.3 Å². The third-order valence-corrected chi connectivity index (χ3v) is 8.36. The number of likely N-dealkylation sites (N-methyl/N-ethyl adjacent to an activating group) is 1. The minimum absolute atomic E-state index is 0.0444. The zero-order valence-corrected chi connectivity index (χ0v) is 27.6. The summed E-state index contributed by atoms with van der Waals surface area (Å²) < 4.78 is 18.1. The molecule has 248 valence electrons. The number of benzene rings is 2. The standard InChI is InChI=1S/C36H48N4O6/c1-25-21-40(26(2)24-41)36(43)32-20-30(38-35(42)29-15-17-37-18-16-29)11-14-33(32)46-27(3)8-6-7-19-45-34(25)23-39(4)22-28-9-12-31(44-5)13-10-28/h9-18,20,25-27,34,41H,6-8,19,21-24H2,1-5H3,(H,38,42)/t25-,26+,27-,34+/m0/s1. The van der Waals surface area contributed by atoms with Crippen LogP contribution < -0.4 is 14.8 Å². The first-order chi connectivity index (χ1) is 22.2. The zero-order chi connectivity index (χ0) is 33.1. The van der Waals surface area contributed by atoms with Gasteiger partial charge in [0.1, 0.15) is 11.5 Å². The highest BCUT2D eigenvalue weighted by Gasteiger charge is 2.30. The van der Waals surface area contributed by atoms with Crippen LogP contribution in [0.1, 0.15) is 66.3 Å². The van der Waals surface area contributed by atoms with Gasteiger partial charge in [0.15, 0.2) is 0 Å². The first-order valence-corrected chi connectivity index (χ1v) is 16.1. The van der Waals surface area contributed by atoms with Gasteiger partial charge in [0.25, 0.3) is 11.8 Å². The van der Waals surface area contributed by atoms with Crippen LogP contribution in [0.2, 0.25) is 0 Å². The molecule has 10 heteroatoms. The molecule has 0 fully saturated rings. The summed E-state index contributed by atoms with van der Waals surface area (Å²) in [5.74, 6) is 0.640. The fourth-order valence-corrected chi connectivity index (χ4v) is 5.58. The van der Waals surface area contributed by atoms with Crippen molar-refractivity contribution in [2.75, 3.05) is 45.8 Å². The van der Waals surface area contributed by atoms with Gasteiger partial charge in [0.05, 0.1) is 37.5 Å². The van der Waals surface area contributed by atoms with E-state index >= 15 is 0 Å². The molecule has 0 spiro atoms. The number of rotatable bonds is 9. The molecule has 3 aromatic rings. The molecular formula is C36H48N4O6.